The number of carbonyl (C=O) groups is 1. The number of aryl methyl sites for hydroxylation is 2. The van der Waals surface area contributed by atoms with Gasteiger partial charge in [-0.25, -0.2) is 0 Å². The molecule has 0 radical (unpaired) electrons. The molecule has 1 saturated heterocycles. The van der Waals surface area contributed by atoms with Gasteiger partial charge in [-0.05, 0) is 73.9 Å². The molecular formula is C22H27N3O. The zero-order valence-corrected chi connectivity index (χ0v) is 15.3. The number of carbonyl (C=O) groups excluding carboxylic acids is 1. The lowest BCUT2D eigenvalue weighted by molar-refractivity contribution is -0.114. The molecule has 1 aliphatic carbocycles. The number of benzene rings is 2. The summed E-state index contributed by atoms with van der Waals surface area (Å²) in [4.78, 5) is 14.8. The summed E-state index contributed by atoms with van der Waals surface area (Å²) >= 11 is 0. The highest BCUT2D eigenvalue weighted by Crippen LogP contribution is 2.28. The highest BCUT2D eigenvalue weighted by atomic mass is 16.1. The van der Waals surface area contributed by atoms with Crippen molar-refractivity contribution in [2.24, 2.45) is 0 Å². The molecular weight excluding hydrogens is 322 g/mol. The molecule has 26 heavy (non-hydrogen) atoms. The quantitative estimate of drug-likeness (QED) is 0.850. The van der Waals surface area contributed by atoms with Crippen LogP contribution in [-0.2, 0) is 17.6 Å². The Morgan fingerprint density at radius 1 is 0.923 bits per heavy atom. The summed E-state index contributed by atoms with van der Waals surface area (Å²) in [6.07, 6.45) is 7.32. The number of hydrogen-bond acceptors (Lipinski definition) is 3. The van der Waals surface area contributed by atoms with E-state index in [2.05, 4.69) is 45.9 Å². The number of fused-ring (bicyclic) bond motifs is 1. The topological polar surface area (TPSA) is 44.4 Å². The normalized spacial score (nSPS) is 16.2. The summed E-state index contributed by atoms with van der Waals surface area (Å²) in [5.41, 5.74) is 5.96. The van der Waals surface area contributed by atoms with Crippen LogP contribution in [0.5, 0.6) is 0 Å². The van der Waals surface area contributed by atoms with Crippen LogP contribution in [0, 0.1) is 0 Å². The maximum Gasteiger partial charge on any atom is 0.243 e. The molecule has 4 heteroatoms. The Hall–Kier alpha value is -2.49. The molecule has 2 aromatic carbocycles. The highest BCUT2D eigenvalue weighted by Gasteiger charge is 2.15. The molecule has 0 atom stereocenters. The molecule has 1 amide bonds. The molecule has 2 N–H and O–H groups in total. The van der Waals surface area contributed by atoms with Gasteiger partial charge in [0.05, 0.1) is 17.9 Å². The van der Waals surface area contributed by atoms with Crippen LogP contribution in [0.15, 0.2) is 42.5 Å². The minimum Gasteiger partial charge on any atom is -0.374 e. The third-order valence-corrected chi connectivity index (χ3v) is 5.42. The number of amides is 1. The summed E-state index contributed by atoms with van der Waals surface area (Å²) in [6, 6.07) is 14.6. The van der Waals surface area contributed by atoms with Gasteiger partial charge in [0.25, 0.3) is 0 Å². The van der Waals surface area contributed by atoms with E-state index in [-0.39, 0.29) is 12.5 Å². The number of nitrogens with one attached hydrogen (secondary N) is 2. The number of piperidine rings is 1. The van der Waals surface area contributed by atoms with Crippen LogP contribution >= 0.6 is 0 Å². The molecule has 0 unspecified atom stereocenters. The van der Waals surface area contributed by atoms with Crippen molar-refractivity contribution < 1.29 is 4.79 Å². The van der Waals surface area contributed by atoms with Crippen LogP contribution in [0.1, 0.15) is 36.8 Å². The zero-order valence-electron chi connectivity index (χ0n) is 15.3. The van der Waals surface area contributed by atoms with Crippen LogP contribution in [0.25, 0.3) is 0 Å². The Bertz CT molecular complexity index is 781. The Morgan fingerprint density at radius 2 is 1.73 bits per heavy atom. The average Bonchev–Trinajstić information content (AvgIpc) is 3.15. The van der Waals surface area contributed by atoms with E-state index in [9.17, 15) is 4.79 Å². The highest BCUT2D eigenvalue weighted by molar-refractivity contribution is 5.94. The third kappa shape index (κ3) is 3.85. The van der Waals surface area contributed by atoms with Gasteiger partial charge in [-0.1, -0.05) is 18.2 Å². The van der Waals surface area contributed by atoms with Crippen molar-refractivity contribution in [1.29, 1.82) is 0 Å². The molecule has 2 aromatic rings. The molecule has 136 valence electrons. The Morgan fingerprint density at radius 3 is 2.62 bits per heavy atom. The van der Waals surface area contributed by atoms with Crippen LogP contribution in [0.3, 0.4) is 0 Å². The van der Waals surface area contributed by atoms with Gasteiger partial charge in [0, 0.05) is 18.8 Å². The first-order chi connectivity index (χ1) is 12.8. The first-order valence-electron chi connectivity index (χ1n) is 9.79. The van der Waals surface area contributed by atoms with Gasteiger partial charge in [0.2, 0.25) is 5.91 Å². The minimum absolute atomic E-state index is 0.00334. The van der Waals surface area contributed by atoms with Gasteiger partial charge in [0.1, 0.15) is 0 Å². The summed E-state index contributed by atoms with van der Waals surface area (Å²) in [7, 11) is 0. The van der Waals surface area contributed by atoms with Crippen molar-refractivity contribution in [3.05, 3.63) is 53.6 Å². The number of nitrogens with zero attached hydrogens (tertiary/aromatic N) is 1. The second kappa shape index (κ2) is 7.81. The second-order valence-electron chi connectivity index (χ2n) is 7.30. The van der Waals surface area contributed by atoms with Crippen LogP contribution in [0.2, 0.25) is 0 Å². The Balaban J connectivity index is 1.37. The van der Waals surface area contributed by atoms with Crippen LogP contribution < -0.4 is 15.5 Å². The molecule has 0 aromatic heterocycles. The largest absolute Gasteiger partial charge is 0.374 e. The van der Waals surface area contributed by atoms with E-state index >= 15 is 0 Å². The van der Waals surface area contributed by atoms with Crippen LogP contribution in [0.4, 0.5) is 17.1 Å². The lowest BCUT2D eigenvalue weighted by Crippen LogP contribution is -2.30. The number of hydrogen-bond donors (Lipinski definition) is 2. The number of rotatable bonds is 5. The van der Waals surface area contributed by atoms with Crippen molar-refractivity contribution in [3.63, 3.8) is 0 Å². The lowest BCUT2D eigenvalue weighted by atomic mass is 10.1. The predicted octanol–water partition coefficient (Wildman–Crippen LogP) is 4.22. The van der Waals surface area contributed by atoms with E-state index in [4.69, 9.17) is 0 Å². The van der Waals surface area contributed by atoms with Crippen molar-refractivity contribution in [2.45, 2.75) is 38.5 Å². The molecule has 0 spiro atoms. The minimum atomic E-state index is -0.00334. The molecule has 4 rings (SSSR count). The molecule has 4 nitrogen and oxygen atoms in total. The van der Waals surface area contributed by atoms with Gasteiger partial charge in [0.15, 0.2) is 0 Å². The van der Waals surface area contributed by atoms with E-state index in [1.165, 1.54) is 48.9 Å². The van der Waals surface area contributed by atoms with E-state index < -0.39 is 0 Å². The monoisotopic (exact) mass is 349 g/mol. The standard InChI is InChI=1S/C22H27N3O/c26-22(24-19-12-11-17-7-6-8-18(17)15-19)16-23-20-9-2-3-10-21(20)25-13-4-1-5-14-25/h2-3,9-12,15,23H,1,4-8,13-14,16H2,(H,24,26). The average molecular weight is 349 g/mol. The van der Waals surface area contributed by atoms with Gasteiger partial charge in [-0.3, -0.25) is 4.79 Å². The SMILES string of the molecule is O=C(CNc1ccccc1N1CCCCC1)Nc1ccc2c(c1)CCC2. The fraction of sp³-hybridized carbons (Fsp3) is 0.409. The van der Waals surface area contributed by atoms with E-state index in [0.29, 0.717) is 0 Å². The number of para-hydroxylation sites is 2. The van der Waals surface area contributed by atoms with Gasteiger partial charge in [-0.2, -0.15) is 0 Å². The first-order valence-corrected chi connectivity index (χ1v) is 9.79. The number of anilines is 3. The molecule has 1 fully saturated rings. The summed E-state index contributed by atoms with van der Waals surface area (Å²) in [6.45, 7) is 2.47. The fourth-order valence-corrected chi connectivity index (χ4v) is 4.06. The summed E-state index contributed by atoms with van der Waals surface area (Å²) in [5.74, 6) is -0.00334. The molecule has 0 saturated carbocycles. The van der Waals surface area contributed by atoms with Crippen molar-refractivity contribution in [2.75, 3.05) is 35.2 Å². The smallest absolute Gasteiger partial charge is 0.243 e. The maximum absolute atomic E-state index is 12.4. The molecule has 0 bridgehead atoms. The lowest BCUT2D eigenvalue weighted by Gasteiger charge is -2.30. The first kappa shape index (κ1) is 17.0. The fourth-order valence-electron chi connectivity index (χ4n) is 4.06. The van der Waals surface area contributed by atoms with Gasteiger partial charge >= 0.3 is 0 Å². The maximum atomic E-state index is 12.4. The van der Waals surface area contributed by atoms with Crippen LogP contribution in [-0.4, -0.2) is 25.5 Å². The second-order valence-corrected chi connectivity index (χ2v) is 7.30. The van der Waals surface area contributed by atoms with Gasteiger partial charge in [-0.15, -0.1) is 0 Å². The Labute approximate surface area is 155 Å². The van der Waals surface area contributed by atoms with E-state index in [1.807, 2.05) is 12.1 Å². The molecule has 1 aliphatic heterocycles. The molecule has 1 heterocycles. The third-order valence-electron chi connectivity index (χ3n) is 5.42. The van der Waals surface area contributed by atoms with E-state index in [1.54, 1.807) is 0 Å². The summed E-state index contributed by atoms with van der Waals surface area (Å²) in [5, 5.41) is 6.36. The predicted molar refractivity (Wildman–Crippen MR) is 108 cm³/mol. The van der Waals surface area contributed by atoms with Crippen molar-refractivity contribution in [1.82, 2.24) is 0 Å². The summed E-state index contributed by atoms with van der Waals surface area (Å²) < 4.78 is 0. The van der Waals surface area contributed by atoms with Gasteiger partial charge < -0.3 is 15.5 Å². The van der Waals surface area contributed by atoms with Crippen molar-refractivity contribution >= 4 is 23.0 Å². The van der Waals surface area contributed by atoms with Crippen molar-refractivity contribution in [3.8, 4) is 0 Å². The Kier molecular flexibility index (Phi) is 5.09. The zero-order chi connectivity index (χ0) is 17.8. The van der Waals surface area contributed by atoms with E-state index in [0.717, 1.165) is 30.9 Å². The molecule has 2 aliphatic rings.